The van der Waals surface area contributed by atoms with Gasteiger partial charge >= 0.3 is 0 Å². The molecule has 0 amide bonds. The monoisotopic (exact) mass is 425 g/mol. The Morgan fingerprint density at radius 2 is 1.15 bits per heavy atom. The lowest BCUT2D eigenvalue weighted by Crippen LogP contribution is -1.95. The first-order chi connectivity index (χ1) is 16.3. The lowest BCUT2D eigenvalue weighted by atomic mass is 9.98. The molecule has 158 valence electrons. The second-order valence-corrected chi connectivity index (χ2v) is 8.82. The van der Waals surface area contributed by atoms with Gasteiger partial charge in [0.25, 0.3) is 0 Å². The average Bonchev–Trinajstić information content (AvgIpc) is 3.47. The van der Waals surface area contributed by atoms with Crippen LogP contribution >= 0.6 is 0 Å². The predicted molar refractivity (Wildman–Crippen MR) is 138 cm³/mol. The van der Waals surface area contributed by atoms with Gasteiger partial charge in [-0.1, -0.05) is 54.6 Å². The van der Waals surface area contributed by atoms with Gasteiger partial charge in [0.2, 0.25) is 0 Å². The van der Waals surface area contributed by atoms with Crippen LogP contribution < -0.4 is 0 Å². The summed E-state index contributed by atoms with van der Waals surface area (Å²) in [5.41, 5.74) is 7.59. The minimum Gasteiger partial charge on any atom is -0.341 e. The molecule has 4 aromatic carbocycles. The van der Waals surface area contributed by atoms with Crippen molar-refractivity contribution >= 4 is 49.0 Å². The number of nitrogens with zero attached hydrogens (tertiary/aromatic N) is 3. The first-order valence-corrected chi connectivity index (χ1v) is 11.6. The Morgan fingerprint density at radius 3 is 1.91 bits per heavy atom. The van der Waals surface area contributed by atoms with Crippen LogP contribution in [0.1, 0.15) is 18.1 Å². The van der Waals surface area contributed by atoms with Crippen molar-refractivity contribution in [1.82, 2.24) is 14.2 Å². The molecule has 0 unspecified atom stereocenters. The first-order valence-electron chi connectivity index (χ1n) is 11.6. The van der Waals surface area contributed by atoms with Gasteiger partial charge in [0, 0.05) is 39.1 Å². The molecular formula is C30H23N3. The van der Waals surface area contributed by atoms with E-state index in [9.17, 15) is 0 Å². The number of aryl methyl sites for hydroxylation is 1. The highest BCUT2D eigenvalue weighted by Crippen LogP contribution is 2.32. The summed E-state index contributed by atoms with van der Waals surface area (Å²) in [7, 11) is 0. The van der Waals surface area contributed by atoms with Crippen molar-refractivity contribution < 1.29 is 0 Å². The highest BCUT2D eigenvalue weighted by Gasteiger charge is 2.12. The van der Waals surface area contributed by atoms with Crippen LogP contribution in [0.5, 0.6) is 0 Å². The number of para-hydroxylation sites is 1. The summed E-state index contributed by atoms with van der Waals surface area (Å²) in [6, 6.07) is 33.2. The Balaban J connectivity index is 1.40. The Hall–Kier alpha value is -4.11. The van der Waals surface area contributed by atoms with Gasteiger partial charge in [-0.2, -0.15) is 5.10 Å². The molecule has 0 aliphatic rings. The van der Waals surface area contributed by atoms with Gasteiger partial charge in [-0.15, -0.1) is 0 Å². The molecule has 0 fully saturated rings. The van der Waals surface area contributed by atoms with Crippen LogP contribution in [-0.4, -0.2) is 14.2 Å². The molecule has 0 spiro atoms. The molecule has 3 heterocycles. The van der Waals surface area contributed by atoms with E-state index in [-0.39, 0.29) is 0 Å². The summed E-state index contributed by atoms with van der Waals surface area (Å²) >= 11 is 0. The maximum absolute atomic E-state index is 4.60. The lowest BCUT2D eigenvalue weighted by Gasteiger charge is -2.10. The van der Waals surface area contributed by atoms with Crippen LogP contribution in [0.25, 0.3) is 49.0 Å². The van der Waals surface area contributed by atoms with Gasteiger partial charge in [-0.3, -0.25) is 0 Å². The summed E-state index contributed by atoms with van der Waals surface area (Å²) in [4.78, 5) is 0. The summed E-state index contributed by atoms with van der Waals surface area (Å²) < 4.78 is 4.47. The van der Waals surface area contributed by atoms with Crippen molar-refractivity contribution in [3.63, 3.8) is 0 Å². The molecule has 0 radical (unpaired) electrons. The number of rotatable bonds is 3. The third-order valence-electron chi connectivity index (χ3n) is 6.99. The maximum Gasteiger partial charge on any atom is 0.0747 e. The molecule has 3 nitrogen and oxygen atoms in total. The molecule has 0 saturated carbocycles. The highest BCUT2D eigenvalue weighted by molar-refractivity contribution is 6.12. The molecule has 0 saturated heterocycles. The van der Waals surface area contributed by atoms with Crippen LogP contribution in [0.3, 0.4) is 0 Å². The van der Waals surface area contributed by atoms with Crippen LogP contribution in [0.2, 0.25) is 0 Å². The fraction of sp³-hybridized carbons (Fsp3) is 0.100. The van der Waals surface area contributed by atoms with Crippen molar-refractivity contribution in [1.29, 1.82) is 0 Å². The maximum atomic E-state index is 4.60. The van der Waals surface area contributed by atoms with Crippen molar-refractivity contribution in [2.75, 3.05) is 0 Å². The molecule has 0 aliphatic carbocycles. The minimum atomic E-state index is 0.906. The van der Waals surface area contributed by atoms with Crippen LogP contribution in [0, 0.1) is 0 Å². The minimum absolute atomic E-state index is 0.906. The molecule has 0 N–H and O–H groups in total. The number of hydrogen-bond donors (Lipinski definition) is 0. The normalized spacial score (nSPS) is 12.0. The predicted octanol–water partition coefficient (Wildman–Crippen LogP) is 7.36. The van der Waals surface area contributed by atoms with E-state index in [1.165, 1.54) is 49.1 Å². The first kappa shape index (κ1) is 18.5. The number of fused-ring (bicyclic) bond motifs is 9. The largest absolute Gasteiger partial charge is 0.341 e. The van der Waals surface area contributed by atoms with Gasteiger partial charge in [-0.05, 0) is 66.3 Å². The summed E-state index contributed by atoms with van der Waals surface area (Å²) in [6.07, 6.45) is 2.79. The molecule has 3 heteroatoms. The Bertz CT molecular complexity index is 1830. The quantitative estimate of drug-likeness (QED) is 0.271. The third-order valence-corrected chi connectivity index (χ3v) is 6.99. The van der Waals surface area contributed by atoms with Crippen LogP contribution in [0.15, 0.2) is 97.2 Å². The highest BCUT2D eigenvalue weighted by atomic mass is 15.2. The number of aromatic nitrogens is 3. The van der Waals surface area contributed by atoms with E-state index in [0.717, 1.165) is 24.0 Å². The molecular weight excluding hydrogens is 402 g/mol. The number of benzene rings is 4. The summed E-state index contributed by atoms with van der Waals surface area (Å²) in [5, 5.41) is 11.1. The van der Waals surface area contributed by atoms with E-state index in [2.05, 4.69) is 112 Å². The fourth-order valence-corrected chi connectivity index (χ4v) is 5.52. The Kier molecular flexibility index (Phi) is 3.88. The average molecular weight is 426 g/mol. The van der Waals surface area contributed by atoms with Gasteiger partial charge in [0.1, 0.15) is 0 Å². The van der Waals surface area contributed by atoms with Crippen molar-refractivity contribution in [3.05, 3.63) is 108 Å². The van der Waals surface area contributed by atoms with Gasteiger partial charge < -0.3 is 4.57 Å². The van der Waals surface area contributed by atoms with E-state index in [1.807, 2.05) is 6.20 Å². The summed E-state index contributed by atoms with van der Waals surface area (Å²) in [6.45, 7) is 3.19. The van der Waals surface area contributed by atoms with Crippen molar-refractivity contribution in [2.45, 2.75) is 19.9 Å². The van der Waals surface area contributed by atoms with Crippen molar-refractivity contribution in [2.24, 2.45) is 0 Å². The SMILES string of the molecule is CCn1c2ccccc2c2cc(Cc3ccc4c(c3)c3ccccc3c3ccnn34)ccc21. The zero-order valence-electron chi connectivity index (χ0n) is 18.5. The zero-order valence-corrected chi connectivity index (χ0v) is 18.5. The molecule has 0 atom stereocenters. The van der Waals surface area contributed by atoms with E-state index in [1.54, 1.807) is 0 Å². The molecule has 33 heavy (non-hydrogen) atoms. The standard InChI is InChI=1S/C30H23N3/c1-2-32-27-10-6-5-9-24(27)26-19-20(11-13-28(26)32)17-21-12-14-29-25(18-21)22-7-3-4-8-23(22)30-15-16-31-33(29)30/h3-16,18-19H,2,17H2,1H3. The topological polar surface area (TPSA) is 22.2 Å². The molecule has 0 aliphatic heterocycles. The van der Waals surface area contributed by atoms with Gasteiger partial charge in [-0.25, -0.2) is 4.52 Å². The van der Waals surface area contributed by atoms with E-state index < -0.39 is 0 Å². The second kappa shape index (κ2) is 6.94. The molecule has 3 aromatic heterocycles. The van der Waals surface area contributed by atoms with E-state index in [0.29, 0.717) is 0 Å². The van der Waals surface area contributed by atoms with Gasteiger partial charge in [0.15, 0.2) is 0 Å². The molecule has 7 aromatic rings. The zero-order chi connectivity index (χ0) is 21.9. The van der Waals surface area contributed by atoms with Crippen LogP contribution in [0.4, 0.5) is 0 Å². The lowest BCUT2D eigenvalue weighted by molar-refractivity contribution is 0.827. The van der Waals surface area contributed by atoms with Gasteiger partial charge in [0.05, 0.1) is 17.2 Å². The second-order valence-electron chi connectivity index (χ2n) is 8.82. The fourth-order valence-electron chi connectivity index (χ4n) is 5.52. The molecule has 7 rings (SSSR count). The van der Waals surface area contributed by atoms with E-state index in [4.69, 9.17) is 0 Å². The third kappa shape index (κ3) is 2.66. The Labute approximate surface area is 191 Å². The summed E-state index contributed by atoms with van der Waals surface area (Å²) in [5.74, 6) is 0. The number of pyridine rings is 1. The van der Waals surface area contributed by atoms with Crippen molar-refractivity contribution in [3.8, 4) is 0 Å². The Morgan fingerprint density at radius 1 is 0.576 bits per heavy atom. The van der Waals surface area contributed by atoms with E-state index >= 15 is 0 Å². The van der Waals surface area contributed by atoms with Crippen LogP contribution in [-0.2, 0) is 13.0 Å². The smallest absolute Gasteiger partial charge is 0.0747 e. The number of hydrogen-bond acceptors (Lipinski definition) is 1. The molecule has 0 bridgehead atoms.